The van der Waals surface area contributed by atoms with Crippen molar-refractivity contribution in [1.29, 1.82) is 0 Å². The topological polar surface area (TPSA) is 44.9 Å². The second-order valence-electron chi connectivity index (χ2n) is 8.53. The molecule has 4 rings (SSSR count). The summed E-state index contributed by atoms with van der Waals surface area (Å²) in [6, 6.07) is 15.9. The Bertz CT molecular complexity index is 989. The van der Waals surface area contributed by atoms with Crippen molar-refractivity contribution in [2.24, 2.45) is 5.92 Å². The van der Waals surface area contributed by atoms with Crippen LogP contribution in [-0.4, -0.2) is 10.8 Å². The number of carbonyl (C=O) groups is 1. The number of Topliss-reactive ketones (excluding diaryl/α,β-unsaturated/α-hetero) is 1. The van der Waals surface area contributed by atoms with Gasteiger partial charge in [0.2, 0.25) is 0 Å². The third-order valence-corrected chi connectivity index (χ3v) is 6.65. The van der Waals surface area contributed by atoms with Crippen molar-refractivity contribution in [3.63, 3.8) is 0 Å². The van der Waals surface area contributed by atoms with E-state index in [-0.39, 0.29) is 6.04 Å². The number of halogens is 1. The first kappa shape index (κ1) is 21.1. The Kier molecular flexibility index (Phi) is 6.91. The summed E-state index contributed by atoms with van der Waals surface area (Å²) in [7, 11) is 0. The molecule has 0 spiro atoms. The zero-order valence-corrected chi connectivity index (χ0v) is 18.5. The second kappa shape index (κ2) is 9.80. The number of hydrogen-bond donors (Lipinski definition) is 2. The minimum Gasteiger partial charge on any atom is -0.358 e. The number of benzene rings is 2. The number of rotatable bonds is 8. The van der Waals surface area contributed by atoms with Gasteiger partial charge in [-0.05, 0) is 30.0 Å². The maximum Gasteiger partial charge on any atom is 0.154 e. The molecule has 2 N–H and O–H groups in total. The van der Waals surface area contributed by atoms with E-state index in [0.717, 1.165) is 28.6 Å². The molecule has 0 saturated heterocycles. The van der Waals surface area contributed by atoms with E-state index in [2.05, 4.69) is 29.4 Å². The summed E-state index contributed by atoms with van der Waals surface area (Å²) in [6.45, 7) is 2.81. The van der Waals surface area contributed by atoms with Gasteiger partial charge in [-0.1, -0.05) is 87.0 Å². The summed E-state index contributed by atoms with van der Waals surface area (Å²) in [5, 5.41) is 5.41. The minimum absolute atomic E-state index is 0.308. The minimum atomic E-state index is -0.308. The number of aromatic amines is 1. The molecule has 1 aliphatic rings. The Morgan fingerprint density at radius 1 is 1.13 bits per heavy atom. The summed E-state index contributed by atoms with van der Waals surface area (Å²) in [5.74, 6) is 0.834. The molecule has 3 aromatic rings. The van der Waals surface area contributed by atoms with Crippen LogP contribution < -0.4 is 5.32 Å². The van der Waals surface area contributed by atoms with E-state index >= 15 is 0 Å². The number of ketones is 1. The first-order chi connectivity index (χ1) is 14.7. The molecule has 30 heavy (non-hydrogen) atoms. The zero-order valence-electron chi connectivity index (χ0n) is 17.7. The molecular formula is C26H31ClN2O. The highest BCUT2D eigenvalue weighted by Crippen LogP contribution is 2.34. The molecule has 1 fully saturated rings. The smallest absolute Gasteiger partial charge is 0.154 e. The highest BCUT2D eigenvalue weighted by molar-refractivity contribution is 6.31. The lowest BCUT2D eigenvalue weighted by atomic mass is 9.83. The van der Waals surface area contributed by atoms with Crippen molar-refractivity contribution in [3.8, 4) is 0 Å². The molecule has 1 saturated carbocycles. The second-order valence-corrected chi connectivity index (χ2v) is 8.97. The van der Waals surface area contributed by atoms with Gasteiger partial charge in [-0.15, -0.1) is 0 Å². The summed E-state index contributed by atoms with van der Waals surface area (Å²) >= 11 is 6.23. The van der Waals surface area contributed by atoms with Gasteiger partial charge >= 0.3 is 0 Å². The Balaban J connectivity index is 1.67. The summed E-state index contributed by atoms with van der Waals surface area (Å²) in [6.07, 6.45) is 7.70. The Morgan fingerprint density at radius 3 is 2.63 bits per heavy atom. The van der Waals surface area contributed by atoms with Gasteiger partial charge < -0.3 is 4.98 Å². The quantitative estimate of drug-likeness (QED) is 0.421. The van der Waals surface area contributed by atoms with Gasteiger partial charge in [0, 0.05) is 40.1 Å². The predicted molar refractivity (Wildman–Crippen MR) is 125 cm³/mol. The van der Waals surface area contributed by atoms with E-state index in [1.165, 1.54) is 37.7 Å². The van der Waals surface area contributed by atoms with Gasteiger partial charge in [0.05, 0.1) is 6.04 Å². The fraction of sp³-hybridized carbons (Fsp3) is 0.423. The number of aryl methyl sites for hydroxylation is 1. The van der Waals surface area contributed by atoms with Crippen molar-refractivity contribution in [1.82, 2.24) is 10.3 Å². The Hall–Kier alpha value is -2.10. The van der Waals surface area contributed by atoms with E-state index < -0.39 is 0 Å². The summed E-state index contributed by atoms with van der Waals surface area (Å²) < 4.78 is 0. The fourth-order valence-corrected chi connectivity index (χ4v) is 5.01. The highest BCUT2D eigenvalue weighted by atomic mass is 35.5. The van der Waals surface area contributed by atoms with Crippen molar-refractivity contribution in [2.75, 3.05) is 0 Å². The molecule has 1 unspecified atom stereocenters. The first-order valence-electron chi connectivity index (χ1n) is 11.3. The van der Waals surface area contributed by atoms with Gasteiger partial charge in [0.25, 0.3) is 0 Å². The maximum absolute atomic E-state index is 13.6. The monoisotopic (exact) mass is 422 g/mol. The average molecular weight is 423 g/mol. The molecule has 1 aliphatic carbocycles. The molecule has 3 nitrogen and oxygen atoms in total. The largest absolute Gasteiger partial charge is 0.358 e. The lowest BCUT2D eigenvalue weighted by Gasteiger charge is -2.25. The summed E-state index contributed by atoms with van der Waals surface area (Å²) in [5.41, 5.74) is 4.41. The number of H-pyrrole nitrogens is 1. The van der Waals surface area contributed by atoms with E-state index in [4.69, 9.17) is 11.6 Å². The van der Waals surface area contributed by atoms with Crippen LogP contribution in [-0.2, 0) is 17.8 Å². The number of aromatic nitrogens is 1. The van der Waals surface area contributed by atoms with Gasteiger partial charge in [-0.3, -0.25) is 10.1 Å². The molecule has 158 valence electrons. The van der Waals surface area contributed by atoms with Gasteiger partial charge in [-0.25, -0.2) is 0 Å². The maximum atomic E-state index is 13.6. The van der Waals surface area contributed by atoms with E-state index in [1.807, 2.05) is 36.4 Å². The number of nitrogens with one attached hydrogen (secondary N) is 2. The zero-order chi connectivity index (χ0) is 20.9. The number of carbonyl (C=O) groups excluding carboxylic acids is 1. The summed E-state index contributed by atoms with van der Waals surface area (Å²) in [4.78, 5) is 17.1. The first-order valence-corrected chi connectivity index (χ1v) is 11.6. The molecule has 1 atom stereocenters. The average Bonchev–Trinajstić information content (AvgIpc) is 3.13. The molecule has 1 heterocycles. The van der Waals surface area contributed by atoms with Crippen LogP contribution in [0.3, 0.4) is 0 Å². The van der Waals surface area contributed by atoms with Crippen molar-refractivity contribution in [2.45, 2.75) is 64.5 Å². The van der Waals surface area contributed by atoms with Crippen molar-refractivity contribution in [3.05, 3.63) is 70.4 Å². The Labute approximate surface area is 184 Å². The number of fused-ring (bicyclic) bond motifs is 1. The molecule has 1 aromatic heterocycles. The molecule has 0 bridgehead atoms. The van der Waals surface area contributed by atoms with Crippen LogP contribution in [0, 0.1) is 5.92 Å². The lowest BCUT2D eigenvalue weighted by Crippen LogP contribution is -2.30. The Morgan fingerprint density at radius 2 is 1.90 bits per heavy atom. The third-order valence-electron chi connectivity index (χ3n) is 6.41. The standard InChI is InChI=1S/C26H31ClN2O/c1-2-22-25(21-14-13-20(27)16-23(21)29-22)26(28-17-19-11-7-4-8-12-19)24(30)15-18-9-5-3-6-10-18/h4,7-8,11-14,16,18,26,28-29H,2-3,5-6,9-10,15,17H2,1H3. The van der Waals surface area contributed by atoms with Crippen LogP contribution in [0.4, 0.5) is 0 Å². The van der Waals surface area contributed by atoms with Gasteiger partial charge in [0.15, 0.2) is 5.78 Å². The highest BCUT2D eigenvalue weighted by Gasteiger charge is 2.28. The van der Waals surface area contributed by atoms with Crippen LogP contribution in [0.2, 0.25) is 5.02 Å². The fourth-order valence-electron chi connectivity index (χ4n) is 4.84. The van der Waals surface area contributed by atoms with E-state index in [9.17, 15) is 4.79 Å². The molecule has 0 aliphatic heterocycles. The normalized spacial score (nSPS) is 16.1. The van der Waals surface area contributed by atoms with Crippen LogP contribution in [0.5, 0.6) is 0 Å². The van der Waals surface area contributed by atoms with Gasteiger partial charge in [-0.2, -0.15) is 0 Å². The molecular weight excluding hydrogens is 392 g/mol. The molecule has 4 heteroatoms. The van der Waals surface area contributed by atoms with Crippen LogP contribution in [0.15, 0.2) is 48.5 Å². The molecule has 0 amide bonds. The van der Waals surface area contributed by atoms with Gasteiger partial charge in [0.1, 0.15) is 0 Å². The SMILES string of the molecule is CCc1[nH]c2cc(Cl)ccc2c1C(NCc1ccccc1)C(=O)CC1CCCCC1. The van der Waals surface area contributed by atoms with E-state index in [1.54, 1.807) is 0 Å². The molecule has 2 aromatic carbocycles. The van der Waals surface area contributed by atoms with Crippen LogP contribution >= 0.6 is 11.6 Å². The van der Waals surface area contributed by atoms with Crippen molar-refractivity contribution >= 4 is 28.3 Å². The van der Waals surface area contributed by atoms with Crippen molar-refractivity contribution < 1.29 is 4.79 Å². The van der Waals surface area contributed by atoms with Crippen LogP contribution in [0.25, 0.3) is 10.9 Å². The number of hydrogen-bond acceptors (Lipinski definition) is 2. The lowest BCUT2D eigenvalue weighted by molar-refractivity contribution is -0.122. The predicted octanol–water partition coefficient (Wildman–Crippen LogP) is 6.75. The van der Waals surface area contributed by atoms with Crippen LogP contribution in [0.1, 0.15) is 68.3 Å². The molecule has 0 radical (unpaired) electrons. The third kappa shape index (κ3) is 4.79. The van der Waals surface area contributed by atoms with E-state index in [0.29, 0.717) is 29.7 Å².